The van der Waals surface area contributed by atoms with Gasteiger partial charge in [0.05, 0.1) is 12.6 Å². The highest BCUT2D eigenvalue weighted by Crippen LogP contribution is 2.27. The van der Waals surface area contributed by atoms with Gasteiger partial charge in [-0.1, -0.05) is 12.1 Å². The summed E-state index contributed by atoms with van der Waals surface area (Å²) in [5, 5.41) is 6.33. The molecule has 0 aliphatic carbocycles. The zero-order chi connectivity index (χ0) is 17.8. The van der Waals surface area contributed by atoms with Crippen LogP contribution in [-0.4, -0.2) is 18.1 Å². The first kappa shape index (κ1) is 16.7. The molecule has 1 heterocycles. The van der Waals surface area contributed by atoms with E-state index >= 15 is 0 Å². The number of urea groups is 1. The molecule has 25 heavy (non-hydrogen) atoms. The van der Waals surface area contributed by atoms with Gasteiger partial charge in [-0.15, -0.1) is 0 Å². The van der Waals surface area contributed by atoms with E-state index in [9.17, 15) is 9.18 Å². The largest absolute Gasteiger partial charge is 0.496 e. The Morgan fingerprint density at radius 2 is 1.92 bits per heavy atom. The number of carbonyl (C=O) groups excluding carboxylic acids is 1. The van der Waals surface area contributed by atoms with Crippen LogP contribution in [0.5, 0.6) is 5.75 Å². The van der Waals surface area contributed by atoms with Crippen molar-refractivity contribution >= 4 is 22.6 Å². The number of hydrogen-bond donors (Lipinski definition) is 2. The van der Waals surface area contributed by atoms with Crippen molar-refractivity contribution in [3.8, 4) is 5.75 Å². The number of halogens is 1. The molecule has 3 rings (SSSR count). The molecular formula is C19H18FN3O2. The van der Waals surface area contributed by atoms with Gasteiger partial charge in [0.15, 0.2) is 0 Å². The lowest BCUT2D eigenvalue weighted by Gasteiger charge is -2.11. The number of pyridine rings is 1. The van der Waals surface area contributed by atoms with E-state index in [2.05, 4.69) is 15.6 Å². The lowest BCUT2D eigenvalue weighted by atomic mass is 10.1. The van der Waals surface area contributed by atoms with Gasteiger partial charge in [0, 0.05) is 29.4 Å². The van der Waals surface area contributed by atoms with E-state index in [4.69, 9.17) is 4.74 Å². The fraction of sp³-hybridized carbons (Fsp3) is 0.158. The molecular weight excluding hydrogens is 321 g/mol. The molecule has 1 aromatic heterocycles. The van der Waals surface area contributed by atoms with Crippen molar-refractivity contribution < 1.29 is 13.9 Å². The fourth-order valence-corrected chi connectivity index (χ4v) is 2.53. The molecule has 2 N–H and O–H groups in total. The van der Waals surface area contributed by atoms with E-state index in [-0.39, 0.29) is 11.8 Å². The van der Waals surface area contributed by atoms with Crippen LogP contribution in [0.3, 0.4) is 0 Å². The van der Waals surface area contributed by atoms with Crippen molar-refractivity contribution in [2.75, 3.05) is 12.4 Å². The third-order valence-electron chi connectivity index (χ3n) is 3.74. The summed E-state index contributed by atoms with van der Waals surface area (Å²) in [4.78, 5) is 16.5. The van der Waals surface area contributed by atoms with Crippen molar-refractivity contribution in [1.29, 1.82) is 0 Å². The zero-order valence-electron chi connectivity index (χ0n) is 14.0. The normalized spacial score (nSPS) is 10.5. The van der Waals surface area contributed by atoms with Crippen molar-refractivity contribution in [3.63, 3.8) is 0 Å². The number of benzene rings is 2. The standard InChI is InChI=1S/C19H18FN3O2/c1-12-9-18(25-2)16-10-15(7-8-17(16)22-12)23-19(24)21-11-13-3-5-14(20)6-4-13/h3-10H,11H2,1-2H3,(H2,21,23,24). The lowest BCUT2D eigenvalue weighted by Crippen LogP contribution is -2.28. The highest BCUT2D eigenvalue weighted by molar-refractivity contribution is 5.94. The van der Waals surface area contributed by atoms with Crippen LogP contribution >= 0.6 is 0 Å². The van der Waals surface area contributed by atoms with Gasteiger partial charge in [-0.25, -0.2) is 9.18 Å². The van der Waals surface area contributed by atoms with Gasteiger partial charge in [-0.05, 0) is 42.8 Å². The van der Waals surface area contributed by atoms with Crippen LogP contribution < -0.4 is 15.4 Å². The third-order valence-corrected chi connectivity index (χ3v) is 3.74. The molecule has 5 nitrogen and oxygen atoms in total. The molecule has 2 amide bonds. The monoisotopic (exact) mass is 339 g/mol. The number of methoxy groups -OCH3 is 1. The number of aromatic nitrogens is 1. The molecule has 6 heteroatoms. The number of hydrogen-bond acceptors (Lipinski definition) is 3. The molecule has 128 valence electrons. The maximum atomic E-state index is 12.9. The number of nitrogens with zero attached hydrogens (tertiary/aromatic N) is 1. The summed E-state index contributed by atoms with van der Waals surface area (Å²) in [6.07, 6.45) is 0. The van der Waals surface area contributed by atoms with Gasteiger partial charge in [0.25, 0.3) is 0 Å². The first-order valence-electron chi connectivity index (χ1n) is 7.80. The Hall–Kier alpha value is -3.15. The predicted octanol–water partition coefficient (Wildman–Crippen LogP) is 4.01. The molecule has 0 aliphatic rings. The average molecular weight is 339 g/mol. The average Bonchev–Trinajstić information content (AvgIpc) is 2.61. The Bertz CT molecular complexity index is 910. The van der Waals surface area contributed by atoms with E-state index < -0.39 is 0 Å². The summed E-state index contributed by atoms with van der Waals surface area (Å²) >= 11 is 0. The maximum Gasteiger partial charge on any atom is 0.319 e. The lowest BCUT2D eigenvalue weighted by molar-refractivity contribution is 0.251. The quantitative estimate of drug-likeness (QED) is 0.755. The van der Waals surface area contributed by atoms with Crippen molar-refractivity contribution in [2.24, 2.45) is 0 Å². The maximum absolute atomic E-state index is 12.9. The minimum atomic E-state index is -0.345. The Morgan fingerprint density at radius 1 is 1.16 bits per heavy atom. The summed E-state index contributed by atoms with van der Waals surface area (Å²) in [6, 6.07) is 12.9. The van der Waals surface area contributed by atoms with E-state index in [0.29, 0.717) is 18.0 Å². The third kappa shape index (κ3) is 4.03. The van der Waals surface area contributed by atoms with Crippen LogP contribution in [0, 0.1) is 12.7 Å². The second-order valence-electron chi connectivity index (χ2n) is 5.63. The van der Waals surface area contributed by atoms with Gasteiger partial charge in [0.2, 0.25) is 0 Å². The smallest absolute Gasteiger partial charge is 0.319 e. The number of rotatable bonds is 4. The summed E-state index contributed by atoms with van der Waals surface area (Å²) in [7, 11) is 1.60. The first-order chi connectivity index (χ1) is 12.0. The van der Waals surface area contributed by atoms with Crippen LogP contribution in [0.15, 0.2) is 48.5 Å². The number of ether oxygens (including phenoxy) is 1. The Kier molecular flexibility index (Phi) is 4.79. The molecule has 0 saturated carbocycles. The molecule has 0 radical (unpaired) electrons. The number of fused-ring (bicyclic) bond motifs is 1. The predicted molar refractivity (Wildman–Crippen MR) is 95.3 cm³/mol. The van der Waals surface area contributed by atoms with E-state index in [1.54, 1.807) is 25.3 Å². The van der Waals surface area contributed by atoms with E-state index in [1.165, 1.54) is 12.1 Å². The summed E-state index contributed by atoms with van der Waals surface area (Å²) in [5.41, 5.74) is 3.11. The van der Waals surface area contributed by atoms with Crippen molar-refractivity contribution in [3.05, 3.63) is 65.6 Å². The molecule has 2 aromatic carbocycles. The van der Waals surface area contributed by atoms with Crippen LogP contribution in [0.4, 0.5) is 14.9 Å². The molecule has 0 bridgehead atoms. The molecule has 0 spiro atoms. The molecule has 0 aliphatic heterocycles. The molecule has 0 atom stereocenters. The summed E-state index contributed by atoms with van der Waals surface area (Å²) in [6.45, 7) is 2.21. The number of anilines is 1. The number of aryl methyl sites for hydroxylation is 1. The highest BCUT2D eigenvalue weighted by Gasteiger charge is 2.08. The van der Waals surface area contributed by atoms with Gasteiger partial charge < -0.3 is 15.4 Å². The Morgan fingerprint density at radius 3 is 2.64 bits per heavy atom. The van der Waals surface area contributed by atoms with Gasteiger partial charge >= 0.3 is 6.03 Å². The molecule has 0 fully saturated rings. The number of carbonyl (C=O) groups is 1. The summed E-state index contributed by atoms with van der Waals surface area (Å²) < 4.78 is 18.3. The fourth-order valence-electron chi connectivity index (χ4n) is 2.53. The molecule has 3 aromatic rings. The minimum absolute atomic E-state index is 0.304. The second kappa shape index (κ2) is 7.17. The SMILES string of the molecule is COc1cc(C)nc2ccc(NC(=O)NCc3ccc(F)cc3)cc12. The second-order valence-corrected chi connectivity index (χ2v) is 5.63. The van der Waals surface area contributed by atoms with Crippen molar-refractivity contribution in [1.82, 2.24) is 10.3 Å². The number of nitrogens with one attached hydrogen (secondary N) is 2. The number of amides is 2. The van der Waals surface area contributed by atoms with E-state index in [0.717, 1.165) is 22.2 Å². The van der Waals surface area contributed by atoms with E-state index in [1.807, 2.05) is 25.1 Å². The minimum Gasteiger partial charge on any atom is -0.496 e. The zero-order valence-corrected chi connectivity index (χ0v) is 14.0. The molecule has 0 unspecified atom stereocenters. The topological polar surface area (TPSA) is 63.2 Å². The van der Waals surface area contributed by atoms with Gasteiger partial charge in [0.1, 0.15) is 11.6 Å². The first-order valence-corrected chi connectivity index (χ1v) is 7.80. The molecule has 0 saturated heterocycles. The van der Waals surface area contributed by atoms with Crippen LogP contribution in [-0.2, 0) is 6.54 Å². The van der Waals surface area contributed by atoms with Crippen LogP contribution in [0.25, 0.3) is 10.9 Å². The van der Waals surface area contributed by atoms with Crippen LogP contribution in [0.1, 0.15) is 11.3 Å². The van der Waals surface area contributed by atoms with Gasteiger partial charge in [-0.2, -0.15) is 0 Å². The van der Waals surface area contributed by atoms with Gasteiger partial charge in [-0.3, -0.25) is 4.98 Å². The van der Waals surface area contributed by atoms with Crippen LogP contribution in [0.2, 0.25) is 0 Å². The van der Waals surface area contributed by atoms with Crippen molar-refractivity contribution in [2.45, 2.75) is 13.5 Å². The Balaban J connectivity index is 1.70. The summed E-state index contributed by atoms with van der Waals surface area (Å²) in [5.74, 6) is 0.403. The highest BCUT2D eigenvalue weighted by atomic mass is 19.1. The Labute approximate surface area is 144 Å².